The largest absolute Gasteiger partial charge is 0.477 e. The van der Waals surface area contributed by atoms with E-state index >= 15 is 0 Å². The average molecular weight is 264 g/mol. The molecule has 100 valence electrons. The van der Waals surface area contributed by atoms with E-state index in [0.717, 1.165) is 4.57 Å². The summed E-state index contributed by atoms with van der Waals surface area (Å²) in [6, 6.07) is 1.47. The Morgan fingerprint density at radius 1 is 1.44 bits per heavy atom. The number of aromatic carboxylic acids is 1. The molecule has 1 amide bonds. The number of rotatable bonds is 4. The minimum absolute atomic E-state index is 0.114. The summed E-state index contributed by atoms with van der Waals surface area (Å²) >= 11 is 0. The highest BCUT2D eigenvalue weighted by Gasteiger charge is 2.27. The van der Waals surface area contributed by atoms with Gasteiger partial charge in [-0.3, -0.25) is 4.79 Å². The van der Waals surface area contributed by atoms with Gasteiger partial charge in [-0.25, -0.2) is 4.79 Å². The van der Waals surface area contributed by atoms with Crippen LogP contribution in [0.15, 0.2) is 12.3 Å². The lowest BCUT2D eigenvalue weighted by Gasteiger charge is -2.10. The summed E-state index contributed by atoms with van der Waals surface area (Å²) in [5.41, 5.74) is 0.322. The highest BCUT2D eigenvalue weighted by molar-refractivity contribution is 5.88. The Kier molecular flexibility index (Phi) is 4.00. The number of alkyl halides is 3. The number of halogens is 3. The van der Waals surface area contributed by atoms with Gasteiger partial charge in [-0.2, -0.15) is 13.2 Å². The molecule has 18 heavy (non-hydrogen) atoms. The summed E-state index contributed by atoms with van der Waals surface area (Å²) in [4.78, 5) is 22.1. The second-order valence-corrected chi connectivity index (χ2v) is 3.67. The fourth-order valence-electron chi connectivity index (χ4n) is 1.41. The van der Waals surface area contributed by atoms with Crippen LogP contribution in [0.5, 0.6) is 0 Å². The molecule has 1 aromatic rings. The number of hydrogen-bond acceptors (Lipinski definition) is 2. The van der Waals surface area contributed by atoms with Crippen LogP contribution < -0.4 is 5.32 Å². The first-order chi connectivity index (χ1) is 8.20. The lowest BCUT2D eigenvalue weighted by atomic mass is 10.3. The molecule has 0 radical (unpaired) electrons. The molecule has 0 aliphatic heterocycles. The van der Waals surface area contributed by atoms with Gasteiger partial charge in [0.15, 0.2) is 0 Å². The average Bonchev–Trinajstić information content (AvgIpc) is 2.55. The first-order valence-corrected chi connectivity index (χ1v) is 4.93. The third-order valence-electron chi connectivity index (χ3n) is 2.17. The molecule has 1 heterocycles. The number of hydrogen-bond donors (Lipinski definition) is 2. The molecule has 0 spiro atoms. The maximum atomic E-state index is 11.9. The van der Waals surface area contributed by atoms with Crippen molar-refractivity contribution >= 4 is 11.9 Å². The van der Waals surface area contributed by atoms with Gasteiger partial charge < -0.3 is 15.0 Å². The Labute approximate surface area is 100 Å². The highest BCUT2D eigenvalue weighted by atomic mass is 19.4. The molecule has 0 fully saturated rings. The van der Waals surface area contributed by atoms with Crippen LogP contribution in [0, 0.1) is 6.92 Å². The molecule has 0 aromatic carbocycles. The van der Waals surface area contributed by atoms with Crippen LogP contribution in [0.3, 0.4) is 0 Å². The Balaban J connectivity index is 2.68. The van der Waals surface area contributed by atoms with Gasteiger partial charge in [0.05, 0.1) is 0 Å². The van der Waals surface area contributed by atoms with E-state index in [2.05, 4.69) is 0 Å². The zero-order valence-electron chi connectivity index (χ0n) is 9.41. The number of carbonyl (C=O) groups excluding carboxylic acids is 1. The zero-order chi connectivity index (χ0) is 13.9. The van der Waals surface area contributed by atoms with E-state index in [1.165, 1.54) is 19.2 Å². The SMILES string of the molecule is Cc1ccn(CC(=O)NCC(F)(F)F)c1C(=O)O. The first kappa shape index (κ1) is 14.1. The van der Waals surface area contributed by atoms with Gasteiger partial charge in [0, 0.05) is 6.20 Å². The molecule has 1 aromatic heterocycles. The molecule has 0 atom stereocenters. The normalized spacial score (nSPS) is 11.3. The number of aromatic nitrogens is 1. The van der Waals surface area contributed by atoms with E-state index < -0.39 is 31.1 Å². The van der Waals surface area contributed by atoms with Gasteiger partial charge in [0.1, 0.15) is 18.8 Å². The first-order valence-electron chi connectivity index (χ1n) is 4.93. The summed E-state index contributed by atoms with van der Waals surface area (Å²) in [5.74, 6) is -2.13. The Bertz CT molecular complexity index is 465. The summed E-state index contributed by atoms with van der Waals surface area (Å²) < 4.78 is 36.6. The van der Waals surface area contributed by atoms with E-state index in [4.69, 9.17) is 5.11 Å². The van der Waals surface area contributed by atoms with Crippen LogP contribution in [-0.4, -0.2) is 34.3 Å². The maximum Gasteiger partial charge on any atom is 0.405 e. The number of carboxylic acid groups (broad SMARTS) is 1. The van der Waals surface area contributed by atoms with E-state index in [-0.39, 0.29) is 5.69 Å². The number of nitrogens with one attached hydrogen (secondary N) is 1. The van der Waals surface area contributed by atoms with Gasteiger partial charge in [-0.05, 0) is 18.6 Å². The Morgan fingerprint density at radius 2 is 2.06 bits per heavy atom. The van der Waals surface area contributed by atoms with Gasteiger partial charge in [-0.1, -0.05) is 0 Å². The monoisotopic (exact) mass is 264 g/mol. The minimum atomic E-state index is -4.49. The molecule has 0 saturated heterocycles. The lowest BCUT2D eigenvalue weighted by molar-refractivity contribution is -0.138. The smallest absolute Gasteiger partial charge is 0.405 e. The minimum Gasteiger partial charge on any atom is -0.477 e. The van der Waals surface area contributed by atoms with Crippen molar-refractivity contribution in [3.63, 3.8) is 0 Å². The fourth-order valence-corrected chi connectivity index (χ4v) is 1.41. The van der Waals surface area contributed by atoms with Crippen LogP contribution in [0.1, 0.15) is 16.1 Å². The summed E-state index contributed by atoms with van der Waals surface area (Å²) in [5, 5.41) is 10.5. The third-order valence-corrected chi connectivity index (χ3v) is 2.17. The third kappa shape index (κ3) is 3.79. The molecule has 0 aliphatic carbocycles. The topological polar surface area (TPSA) is 71.3 Å². The van der Waals surface area contributed by atoms with Crippen LogP contribution in [0.4, 0.5) is 13.2 Å². The van der Waals surface area contributed by atoms with Crippen LogP contribution in [-0.2, 0) is 11.3 Å². The molecule has 0 bridgehead atoms. The van der Waals surface area contributed by atoms with Crippen molar-refractivity contribution in [1.82, 2.24) is 9.88 Å². The molecule has 0 saturated carbocycles. The predicted molar refractivity (Wildman–Crippen MR) is 55.2 cm³/mol. The molecule has 0 unspecified atom stereocenters. The quantitative estimate of drug-likeness (QED) is 0.857. The second-order valence-electron chi connectivity index (χ2n) is 3.67. The van der Waals surface area contributed by atoms with Gasteiger partial charge >= 0.3 is 12.1 Å². The lowest BCUT2D eigenvalue weighted by Crippen LogP contribution is -2.36. The van der Waals surface area contributed by atoms with Crippen molar-refractivity contribution in [3.8, 4) is 0 Å². The highest BCUT2D eigenvalue weighted by Crippen LogP contribution is 2.13. The zero-order valence-corrected chi connectivity index (χ0v) is 9.41. The van der Waals surface area contributed by atoms with Crippen molar-refractivity contribution < 1.29 is 27.9 Å². The van der Waals surface area contributed by atoms with Crippen molar-refractivity contribution in [1.29, 1.82) is 0 Å². The van der Waals surface area contributed by atoms with E-state index in [0.29, 0.717) is 5.56 Å². The van der Waals surface area contributed by atoms with E-state index in [1.807, 2.05) is 0 Å². The maximum absolute atomic E-state index is 11.9. The number of carboxylic acids is 1. The summed E-state index contributed by atoms with van der Waals surface area (Å²) in [6.07, 6.45) is -3.15. The number of amides is 1. The molecule has 1 rings (SSSR count). The molecular weight excluding hydrogens is 253 g/mol. The van der Waals surface area contributed by atoms with E-state index in [1.54, 1.807) is 5.32 Å². The number of nitrogens with zero attached hydrogens (tertiary/aromatic N) is 1. The summed E-state index contributed by atoms with van der Waals surface area (Å²) in [7, 11) is 0. The van der Waals surface area contributed by atoms with Crippen LogP contribution in [0.2, 0.25) is 0 Å². The molecule has 0 aliphatic rings. The van der Waals surface area contributed by atoms with Crippen LogP contribution >= 0.6 is 0 Å². The van der Waals surface area contributed by atoms with Crippen molar-refractivity contribution in [2.75, 3.05) is 6.54 Å². The number of carbonyl (C=O) groups is 2. The van der Waals surface area contributed by atoms with E-state index in [9.17, 15) is 22.8 Å². The number of aryl methyl sites for hydroxylation is 1. The van der Waals surface area contributed by atoms with Crippen molar-refractivity contribution in [2.24, 2.45) is 0 Å². The summed E-state index contributed by atoms with van der Waals surface area (Å²) in [6.45, 7) is -0.367. The van der Waals surface area contributed by atoms with Gasteiger partial charge in [0.25, 0.3) is 0 Å². The van der Waals surface area contributed by atoms with Gasteiger partial charge in [-0.15, -0.1) is 0 Å². The molecular formula is C10H11F3N2O3. The Morgan fingerprint density at radius 3 is 2.56 bits per heavy atom. The van der Waals surface area contributed by atoms with Crippen LogP contribution in [0.25, 0.3) is 0 Å². The van der Waals surface area contributed by atoms with Crippen molar-refractivity contribution in [3.05, 3.63) is 23.5 Å². The predicted octanol–water partition coefficient (Wildman–Crippen LogP) is 1.17. The molecule has 5 nitrogen and oxygen atoms in total. The molecule has 2 N–H and O–H groups in total. The second kappa shape index (κ2) is 5.11. The molecule has 8 heteroatoms. The Hall–Kier alpha value is -1.99. The van der Waals surface area contributed by atoms with Crippen molar-refractivity contribution in [2.45, 2.75) is 19.6 Å². The van der Waals surface area contributed by atoms with Gasteiger partial charge in [0.2, 0.25) is 5.91 Å². The fraction of sp³-hybridized carbons (Fsp3) is 0.400. The standard InChI is InChI=1S/C10H11F3N2O3/c1-6-2-3-15(8(6)9(17)18)4-7(16)14-5-10(11,12)13/h2-3H,4-5H2,1H3,(H,14,16)(H,17,18).